The van der Waals surface area contributed by atoms with E-state index < -0.39 is 5.41 Å². The number of nitrogens with one attached hydrogen (secondary N) is 3. The highest BCUT2D eigenvalue weighted by atomic mass is 16.2. The van der Waals surface area contributed by atoms with Crippen molar-refractivity contribution in [2.75, 3.05) is 19.0 Å². The molecule has 19 heavy (non-hydrogen) atoms. The number of anilines is 1. The van der Waals surface area contributed by atoms with Crippen molar-refractivity contribution in [1.29, 1.82) is 0 Å². The number of amides is 2. The molecule has 0 saturated carbocycles. The van der Waals surface area contributed by atoms with Crippen molar-refractivity contribution >= 4 is 17.5 Å². The summed E-state index contributed by atoms with van der Waals surface area (Å²) in [7, 11) is 1.56. The van der Waals surface area contributed by atoms with Crippen LogP contribution in [0.25, 0.3) is 0 Å². The second-order valence-electron chi connectivity index (χ2n) is 4.72. The largest absolute Gasteiger partial charge is 0.359 e. The average molecular weight is 265 g/mol. The van der Waals surface area contributed by atoms with Crippen LogP contribution in [0.1, 0.15) is 24.3 Å². The van der Waals surface area contributed by atoms with Gasteiger partial charge in [0.15, 0.2) is 0 Å². The van der Waals surface area contributed by atoms with E-state index in [1.54, 1.807) is 33.0 Å². The summed E-state index contributed by atoms with van der Waals surface area (Å²) in [6, 6.07) is 3.20. The molecule has 7 heteroatoms. The van der Waals surface area contributed by atoms with Gasteiger partial charge >= 0.3 is 0 Å². The summed E-state index contributed by atoms with van der Waals surface area (Å²) >= 11 is 0. The summed E-state index contributed by atoms with van der Waals surface area (Å²) in [5.74, 6) is 4.74. The highest BCUT2D eigenvalue weighted by Gasteiger charge is 2.27. The monoisotopic (exact) mass is 265 g/mol. The fourth-order valence-corrected chi connectivity index (χ4v) is 1.42. The Labute approximate surface area is 111 Å². The molecule has 0 fully saturated rings. The van der Waals surface area contributed by atoms with Gasteiger partial charge in [0.2, 0.25) is 5.91 Å². The topological polar surface area (TPSA) is 109 Å². The Balaban J connectivity index is 2.62. The van der Waals surface area contributed by atoms with Crippen LogP contribution in [0.4, 0.5) is 5.69 Å². The lowest BCUT2D eigenvalue weighted by Gasteiger charge is -2.22. The molecule has 0 aliphatic rings. The van der Waals surface area contributed by atoms with Gasteiger partial charge in [0, 0.05) is 13.6 Å². The van der Waals surface area contributed by atoms with Gasteiger partial charge in [0.05, 0.1) is 17.3 Å². The summed E-state index contributed by atoms with van der Waals surface area (Å²) < 4.78 is 0. The first-order valence-electron chi connectivity index (χ1n) is 5.84. The number of hydrogen-bond donors (Lipinski definition) is 4. The number of nitrogens with two attached hydrogens (primary N) is 1. The van der Waals surface area contributed by atoms with Gasteiger partial charge in [-0.2, -0.15) is 0 Å². The summed E-state index contributed by atoms with van der Waals surface area (Å²) in [5, 5.41) is 5.23. The van der Waals surface area contributed by atoms with Gasteiger partial charge in [0.1, 0.15) is 5.69 Å². The molecule has 0 aliphatic carbocycles. The Morgan fingerprint density at radius 1 is 1.37 bits per heavy atom. The molecule has 1 rings (SSSR count). The molecule has 1 heterocycles. The molecule has 0 saturated heterocycles. The minimum absolute atomic E-state index is 0.136. The number of nitrogens with zero attached hydrogens (tertiary/aromatic N) is 1. The van der Waals surface area contributed by atoms with Crippen molar-refractivity contribution < 1.29 is 9.59 Å². The van der Waals surface area contributed by atoms with Crippen molar-refractivity contribution in [1.82, 2.24) is 15.6 Å². The highest BCUT2D eigenvalue weighted by molar-refractivity contribution is 5.93. The number of carbonyl (C=O) groups is 2. The molecule has 0 spiro atoms. The van der Waals surface area contributed by atoms with Crippen molar-refractivity contribution in [3.63, 3.8) is 0 Å². The van der Waals surface area contributed by atoms with E-state index in [9.17, 15) is 9.59 Å². The molecule has 0 aliphatic heterocycles. The van der Waals surface area contributed by atoms with Crippen LogP contribution in [-0.2, 0) is 4.79 Å². The van der Waals surface area contributed by atoms with Gasteiger partial charge in [-0.05, 0) is 26.0 Å². The average Bonchev–Trinajstić information content (AvgIpc) is 2.43. The van der Waals surface area contributed by atoms with Gasteiger partial charge in [-0.1, -0.05) is 0 Å². The first kappa shape index (κ1) is 14.9. The second-order valence-corrected chi connectivity index (χ2v) is 4.72. The Morgan fingerprint density at radius 2 is 2.05 bits per heavy atom. The second kappa shape index (κ2) is 6.14. The Bertz CT molecular complexity index is 456. The van der Waals surface area contributed by atoms with Crippen LogP contribution < -0.4 is 21.9 Å². The van der Waals surface area contributed by atoms with E-state index in [1.807, 2.05) is 0 Å². The molecular formula is C12H19N5O2. The van der Waals surface area contributed by atoms with E-state index in [2.05, 4.69) is 21.0 Å². The number of hydrogen-bond acceptors (Lipinski definition) is 5. The van der Waals surface area contributed by atoms with Gasteiger partial charge < -0.3 is 16.1 Å². The zero-order valence-corrected chi connectivity index (χ0v) is 11.3. The van der Waals surface area contributed by atoms with Crippen molar-refractivity contribution in [3.05, 3.63) is 24.0 Å². The first-order chi connectivity index (χ1) is 8.90. The van der Waals surface area contributed by atoms with Crippen molar-refractivity contribution in [2.24, 2.45) is 11.3 Å². The molecule has 104 valence electrons. The summed E-state index contributed by atoms with van der Waals surface area (Å²) in [5.41, 5.74) is 2.63. The van der Waals surface area contributed by atoms with E-state index in [-0.39, 0.29) is 24.1 Å². The van der Waals surface area contributed by atoms with Crippen LogP contribution in [0.15, 0.2) is 18.3 Å². The lowest BCUT2D eigenvalue weighted by Crippen LogP contribution is -2.43. The number of hydrazine groups is 1. The first-order valence-corrected chi connectivity index (χ1v) is 5.84. The SMILES string of the molecule is CNC(=O)C(C)(C)CNC(=O)c1ccc(NN)cn1. The van der Waals surface area contributed by atoms with E-state index in [4.69, 9.17) is 5.84 Å². The maximum Gasteiger partial charge on any atom is 0.269 e. The van der Waals surface area contributed by atoms with Crippen molar-refractivity contribution in [3.8, 4) is 0 Å². The Morgan fingerprint density at radius 3 is 2.53 bits per heavy atom. The number of pyridine rings is 1. The van der Waals surface area contributed by atoms with Crippen LogP contribution in [-0.4, -0.2) is 30.4 Å². The standard InChI is InChI=1S/C12H19N5O2/c1-12(2,11(19)14-3)7-16-10(18)9-5-4-8(17-13)6-15-9/h4-6,17H,7,13H2,1-3H3,(H,14,19)(H,16,18). The fourth-order valence-electron chi connectivity index (χ4n) is 1.42. The third-order valence-corrected chi connectivity index (χ3v) is 2.70. The van der Waals surface area contributed by atoms with Crippen LogP contribution >= 0.6 is 0 Å². The third-order valence-electron chi connectivity index (χ3n) is 2.70. The molecular weight excluding hydrogens is 246 g/mol. The van der Waals surface area contributed by atoms with Crippen LogP contribution in [0.5, 0.6) is 0 Å². The number of rotatable bonds is 5. The zero-order chi connectivity index (χ0) is 14.5. The van der Waals surface area contributed by atoms with E-state index in [0.29, 0.717) is 5.69 Å². The smallest absolute Gasteiger partial charge is 0.269 e. The molecule has 1 aromatic rings. The summed E-state index contributed by atoms with van der Waals surface area (Å²) in [6.07, 6.45) is 1.46. The minimum Gasteiger partial charge on any atom is -0.359 e. The fraction of sp³-hybridized carbons (Fsp3) is 0.417. The highest BCUT2D eigenvalue weighted by Crippen LogP contribution is 2.13. The lowest BCUT2D eigenvalue weighted by molar-refractivity contribution is -0.128. The molecule has 7 nitrogen and oxygen atoms in total. The quantitative estimate of drug-likeness (QED) is 0.438. The molecule has 5 N–H and O–H groups in total. The molecule has 0 bridgehead atoms. The third kappa shape index (κ3) is 3.92. The molecule has 1 aromatic heterocycles. The van der Waals surface area contributed by atoms with Gasteiger partial charge in [-0.15, -0.1) is 0 Å². The molecule has 0 radical (unpaired) electrons. The maximum absolute atomic E-state index is 11.8. The van der Waals surface area contributed by atoms with Crippen LogP contribution in [0.2, 0.25) is 0 Å². The van der Waals surface area contributed by atoms with Gasteiger partial charge in [-0.3, -0.25) is 15.4 Å². The lowest BCUT2D eigenvalue weighted by atomic mass is 9.92. The van der Waals surface area contributed by atoms with Crippen LogP contribution in [0, 0.1) is 5.41 Å². The minimum atomic E-state index is -0.677. The molecule has 0 aromatic carbocycles. The summed E-state index contributed by atoms with van der Waals surface area (Å²) in [4.78, 5) is 27.4. The normalized spacial score (nSPS) is 10.7. The number of aromatic nitrogens is 1. The number of nitrogen functional groups attached to an aromatic ring is 1. The van der Waals surface area contributed by atoms with E-state index >= 15 is 0 Å². The van der Waals surface area contributed by atoms with Crippen LogP contribution in [0.3, 0.4) is 0 Å². The Hall–Kier alpha value is -2.15. The van der Waals surface area contributed by atoms with E-state index in [0.717, 1.165) is 0 Å². The molecule has 0 unspecified atom stereocenters. The maximum atomic E-state index is 11.8. The Kier molecular flexibility index (Phi) is 4.82. The predicted octanol–water partition coefficient (Wildman–Crippen LogP) is -0.131. The summed E-state index contributed by atoms with van der Waals surface area (Å²) in [6.45, 7) is 3.73. The molecule has 2 amide bonds. The zero-order valence-electron chi connectivity index (χ0n) is 11.3. The predicted molar refractivity (Wildman–Crippen MR) is 72.2 cm³/mol. The molecule has 0 atom stereocenters. The van der Waals surface area contributed by atoms with E-state index in [1.165, 1.54) is 6.20 Å². The van der Waals surface area contributed by atoms with Gasteiger partial charge in [0.25, 0.3) is 5.91 Å². The number of carbonyl (C=O) groups excluding carboxylic acids is 2. The van der Waals surface area contributed by atoms with Gasteiger partial charge in [-0.25, -0.2) is 4.98 Å². The van der Waals surface area contributed by atoms with Crippen molar-refractivity contribution in [2.45, 2.75) is 13.8 Å².